The van der Waals surface area contributed by atoms with Crippen LogP contribution in [0.4, 0.5) is 0 Å². The molecule has 2 aliphatic rings. The molecular formula is C23H26N6O3. The molecule has 3 aromatic rings. The quantitative estimate of drug-likeness (QED) is 0.655. The van der Waals surface area contributed by atoms with Crippen molar-refractivity contribution in [2.45, 2.75) is 45.6 Å². The number of pyridine rings is 1. The van der Waals surface area contributed by atoms with Gasteiger partial charge >= 0.3 is 0 Å². The zero-order valence-electron chi connectivity index (χ0n) is 18.2. The van der Waals surface area contributed by atoms with Crippen LogP contribution < -0.4 is 5.73 Å². The van der Waals surface area contributed by atoms with Crippen molar-refractivity contribution in [3.05, 3.63) is 47.0 Å². The third-order valence-corrected chi connectivity index (χ3v) is 6.86. The number of Topliss-reactive ketones (excluding diaryl/α,β-unsaturated/α-hetero) is 1. The summed E-state index contributed by atoms with van der Waals surface area (Å²) in [5.41, 5.74) is 8.87. The third kappa shape index (κ3) is 3.19. The monoisotopic (exact) mass is 434 g/mol. The molecule has 0 radical (unpaired) electrons. The predicted octanol–water partition coefficient (Wildman–Crippen LogP) is 2.49. The number of ketones is 1. The lowest BCUT2D eigenvalue weighted by Gasteiger charge is -2.43. The van der Waals surface area contributed by atoms with Crippen LogP contribution in [0, 0.1) is 5.41 Å². The predicted molar refractivity (Wildman–Crippen MR) is 117 cm³/mol. The van der Waals surface area contributed by atoms with Crippen LogP contribution >= 0.6 is 0 Å². The Balaban J connectivity index is 1.31. The molecule has 2 amide bonds. The summed E-state index contributed by atoms with van der Waals surface area (Å²) in [7, 11) is 0. The van der Waals surface area contributed by atoms with Crippen LogP contribution in [0.25, 0.3) is 11.0 Å². The second-order valence-electron chi connectivity index (χ2n) is 9.31. The van der Waals surface area contributed by atoms with E-state index in [1.54, 1.807) is 6.07 Å². The van der Waals surface area contributed by atoms with E-state index >= 15 is 0 Å². The fourth-order valence-electron chi connectivity index (χ4n) is 5.15. The summed E-state index contributed by atoms with van der Waals surface area (Å²) in [5, 5.41) is 4.44. The molecule has 3 N–H and O–H groups in total. The van der Waals surface area contributed by atoms with Crippen molar-refractivity contribution in [1.82, 2.24) is 24.6 Å². The fourth-order valence-corrected chi connectivity index (χ4v) is 5.15. The van der Waals surface area contributed by atoms with Crippen LogP contribution in [0.2, 0.25) is 0 Å². The zero-order valence-corrected chi connectivity index (χ0v) is 18.2. The van der Waals surface area contributed by atoms with E-state index in [1.807, 2.05) is 29.6 Å². The maximum Gasteiger partial charge on any atom is 0.255 e. The lowest BCUT2D eigenvalue weighted by molar-refractivity contribution is 0.0517. The Kier molecular flexibility index (Phi) is 4.65. The Bertz CT molecular complexity index is 1250. The van der Waals surface area contributed by atoms with E-state index in [1.165, 1.54) is 12.4 Å². The van der Waals surface area contributed by atoms with Crippen LogP contribution in [0.1, 0.15) is 75.9 Å². The number of hydrogen-bond acceptors (Lipinski definition) is 5. The molecular weight excluding hydrogens is 408 g/mol. The molecule has 0 aromatic carbocycles. The number of aromatic nitrogens is 4. The number of amides is 2. The highest BCUT2D eigenvalue weighted by atomic mass is 16.2. The Hall–Kier alpha value is -3.49. The Labute approximate surface area is 185 Å². The van der Waals surface area contributed by atoms with Crippen molar-refractivity contribution in [2.75, 3.05) is 13.1 Å². The first-order valence-electron chi connectivity index (χ1n) is 10.9. The second-order valence-corrected chi connectivity index (χ2v) is 9.31. The summed E-state index contributed by atoms with van der Waals surface area (Å²) in [5.74, 6) is -0.503. The molecule has 1 aliphatic heterocycles. The SMILES string of the molecule is CC(C)n1ncc2c1C(=O)CC1(CCN(C(=O)c3cnc4c(C(N)=O)c[nH]c4c3)CC1)C2. The van der Waals surface area contributed by atoms with Crippen molar-refractivity contribution in [3.8, 4) is 0 Å². The number of aromatic amines is 1. The van der Waals surface area contributed by atoms with Gasteiger partial charge in [-0.25, -0.2) is 0 Å². The highest BCUT2D eigenvalue weighted by molar-refractivity contribution is 6.06. The molecule has 4 heterocycles. The highest BCUT2D eigenvalue weighted by Gasteiger charge is 2.43. The van der Waals surface area contributed by atoms with Crippen LogP contribution in [0.3, 0.4) is 0 Å². The van der Waals surface area contributed by atoms with Gasteiger partial charge in [0.1, 0.15) is 11.2 Å². The molecule has 3 aromatic heterocycles. The molecule has 9 heteroatoms. The summed E-state index contributed by atoms with van der Waals surface area (Å²) in [6, 6.07) is 1.86. The Morgan fingerprint density at radius 2 is 1.94 bits per heavy atom. The van der Waals surface area contributed by atoms with Gasteiger partial charge in [-0.2, -0.15) is 5.10 Å². The van der Waals surface area contributed by atoms with Crippen molar-refractivity contribution in [1.29, 1.82) is 0 Å². The van der Waals surface area contributed by atoms with Crippen LogP contribution in [-0.2, 0) is 6.42 Å². The zero-order chi connectivity index (χ0) is 22.6. The van der Waals surface area contributed by atoms with Crippen molar-refractivity contribution in [3.63, 3.8) is 0 Å². The number of piperidine rings is 1. The molecule has 0 saturated carbocycles. The third-order valence-electron chi connectivity index (χ3n) is 6.86. The maximum atomic E-state index is 13.1. The minimum atomic E-state index is -0.562. The van der Waals surface area contributed by atoms with Crippen molar-refractivity contribution in [2.24, 2.45) is 11.1 Å². The number of H-pyrrole nitrogens is 1. The van der Waals surface area contributed by atoms with Gasteiger partial charge in [0, 0.05) is 43.5 Å². The second kappa shape index (κ2) is 7.29. The first-order chi connectivity index (χ1) is 15.3. The topological polar surface area (TPSA) is 127 Å². The van der Waals surface area contributed by atoms with Gasteiger partial charge in [-0.15, -0.1) is 0 Å². The Morgan fingerprint density at radius 1 is 1.19 bits per heavy atom. The van der Waals surface area contributed by atoms with Crippen LogP contribution in [0.15, 0.2) is 24.7 Å². The number of likely N-dealkylation sites (tertiary alicyclic amines) is 1. The van der Waals surface area contributed by atoms with E-state index in [-0.39, 0.29) is 23.1 Å². The molecule has 166 valence electrons. The largest absolute Gasteiger partial charge is 0.365 e. The molecule has 0 unspecified atom stereocenters. The molecule has 1 aliphatic carbocycles. The lowest BCUT2D eigenvalue weighted by Crippen LogP contribution is -2.46. The Morgan fingerprint density at radius 3 is 2.62 bits per heavy atom. The van der Waals surface area contributed by atoms with Crippen molar-refractivity contribution < 1.29 is 14.4 Å². The highest BCUT2D eigenvalue weighted by Crippen LogP contribution is 2.44. The van der Waals surface area contributed by atoms with E-state index in [2.05, 4.69) is 15.1 Å². The fraction of sp³-hybridized carbons (Fsp3) is 0.435. The minimum absolute atomic E-state index is 0.0973. The number of rotatable bonds is 3. The normalized spacial score (nSPS) is 17.8. The molecule has 1 saturated heterocycles. The van der Waals surface area contributed by atoms with Gasteiger partial charge in [0.2, 0.25) is 0 Å². The number of fused-ring (bicyclic) bond motifs is 2. The first-order valence-corrected chi connectivity index (χ1v) is 10.9. The molecule has 1 fully saturated rings. The van der Waals surface area contributed by atoms with Gasteiger partial charge in [-0.05, 0) is 44.6 Å². The van der Waals surface area contributed by atoms with E-state index in [0.29, 0.717) is 41.7 Å². The van der Waals surface area contributed by atoms with E-state index < -0.39 is 5.91 Å². The van der Waals surface area contributed by atoms with Gasteiger partial charge in [0.05, 0.1) is 22.8 Å². The number of primary amides is 1. The van der Waals surface area contributed by atoms with E-state index in [9.17, 15) is 14.4 Å². The summed E-state index contributed by atoms with van der Waals surface area (Å²) in [4.78, 5) is 46.6. The molecule has 5 rings (SSSR count). The smallest absolute Gasteiger partial charge is 0.255 e. The molecule has 9 nitrogen and oxygen atoms in total. The standard InChI is InChI=1S/C23H26N6O3/c1-13(2)29-20-15(11-27-29)8-23(9-18(20)30)3-5-28(6-4-23)22(32)14-7-17-19(26-10-14)16(12-25-17)21(24)31/h7,10-13,25H,3-6,8-9H2,1-2H3,(H2,24,31). The average Bonchev–Trinajstić information content (AvgIpc) is 3.37. The molecule has 0 atom stereocenters. The summed E-state index contributed by atoms with van der Waals surface area (Å²) in [6.07, 6.45) is 7.73. The summed E-state index contributed by atoms with van der Waals surface area (Å²) in [6.45, 7) is 5.25. The van der Waals surface area contributed by atoms with E-state index in [0.717, 1.165) is 30.5 Å². The van der Waals surface area contributed by atoms with Gasteiger partial charge < -0.3 is 15.6 Å². The van der Waals surface area contributed by atoms with Gasteiger partial charge in [-0.1, -0.05) is 0 Å². The summed E-state index contributed by atoms with van der Waals surface area (Å²) < 4.78 is 1.83. The number of carbonyl (C=O) groups is 3. The number of nitrogens with one attached hydrogen (secondary N) is 1. The maximum absolute atomic E-state index is 13.1. The molecule has 0 bridgehead atoms. The van der Waals surface area contributed by atoms with Crippen LogP contribution in [0.5, 0.6) is 0 Å². The van der Waals surface area contributed by atoms with Crippen LogP contribution in [-0.4, -0.2) is 55.3 Å². The van der Waals surface area contributed by atoms with Gasteiger partial charge in [-0.3, -0.25) is 24.0 Å². The average molecular weight is 435 g/mol. The van der Waals surface area contributed by atoms with E-state index in [4.69, 9.17) is 5.73 Å². The number of nitrogens with two attached hydrogens (primary N) is 1. The minimum Gasteiger partial charge on any atom is -0.365 e. The summed E-state index contributed by atoms with van der Waals surface area (Å²) >= 11 is 0. The number of nitrogens with zero attached hydrogens (tertiary/aromatic N) is 4. The lowest BCUT2D eigenvalue weighted by atomic mass is 9.67. The molecule has 32 heavy (non-hydrogen) atoms. The number of carbonyl (C=O) groups excluding carboxylic acids is 3. The molecule has 1 spiro atoms. The van der Waals surface area contributed by atoms with Gasteiger partial charge in [0.15, 0.2) is 5.78 Å². The van der Waals surface area contributed by atoms with Crippen molar-refractivity contribution >= 4 is 28.6 Å². The number of hydrogen-bond donors (Lipinski definition) is 2. The van der Waals surface area contributed by atoms with Gasteiger partial charge in [0.25, 0.3) is 11.8 Å². The first kappa shape index (κ1) is 20.4.